The molecule has 3 rings (SSSR count). The molecule has 2 aliphatic rings. The van der Waals surface area contributed by atoms with Crippen LogP contribution < -0.4 is 0 Å². The second kappa shape index (κ2) is 6.41. The second-order valence-corrected chi connectivity index (χ2v) is 7.62. The lowest BCUT2D eigenvalue weighted by Gasteiger charge is -2.25. The van der Waals surface area contributed by atoms with Gasteiger partial charge >= 0.3 is 5.97 Å². The Morgan fingerprint density at radius 2 is 1.82 bits per heavy atom. The number of likely N-dealkylation sites (tertiary alicyclic amines) is 1. The number of rotatable bonds is 4. The number of hydrogen-bond acceptors (Lipinski definition) is 2. The maximum atomic E-state index is 12.9. The van der Waals surface area contributed by atoms with Crippen LogP contribution in [0, 0.1) is 5.92 Å². The molecule has 1 aromatic rings. The Balaban J connectivity index is 1.73. The van der Waals surface area contributed by atoms with Gasteiger partial charge in [0.1, 0.15) is 6.54 Å². The van der Waals surface area contributed by atoms with Crippen molar-refractivity contribution < 1.29 is 14.0 Å². The molecule has 3 heteroatoms. The van der Waals surface area contributed by atoms with E-state index in [-0.39, 0.29) is 18.0 Å². The average Bonchev–Trinajstić information content (AvgIpc) is 3.10. The Bertz CT molecular complexity index is 505. The van der Waals surface area contributed by atoms with Gasteiger partial charge in [0, 0.05) is 6.42 Å². The zero-order valence-electron chi connectivity index (χ0n) is 13.8. The molecule has 1 heterocycles. The van der Waals surface area contributed by atoms with Crippen LogP contribution in [0.4, 0.5) is 0 Å². The SMILES string of the molecule is C[N+]1(C)CC[C@@H](OC(=O)C(c2ccccc2)C2CCCC2)C1. The lowest BCUT2D eigenvalue weighted by molar-refractivity contribution is -0.879. The number of quaternary nitrogens is 1. The molecular formula is C19H28NO2+. The summed E-state index contributed by atoms with van der Waals surface area (Å²) in [6.07, 6.45) is 5.88. The molecule has 0 N–H and O–H groups in total. The highest BCUT2D eigenvalue weighted by atomic mass is 16.5. The summed E-state index contributed by atoms with van der Waals surface area (Å²) in [5, 5.41) is 0. The smallest absolute Gasteiger partial charge is 0.314 e. The van der Waals surface area contributed by atoms with Gasteiger partial charge < -0.3 is 9.22 Å². The first-order chi connectivity index (χ1) is 10.6. The predicted molar refractivity (Wildman–Crippen MR) is 87.5 cm³/mol. The maximum absolute atomic E-state index is 12.9. The molecule has 1 saturated carbocycles. The molecule has 1 aromatic carbocycles. The van der Waals surface area contributed by atoms with Gasteiger partial charge in [-0.1, -0.05) is 43.2 Å². The maximum Gasteiger partial charge on any atom is 0.314 e. The van der Waals surface area contributed by atoms with Gasteiger partial charge in [-0.25, -0.2) is 0 Å². The van der Waals surface area contributed by atoms with E-state index in [1.54, 1.807) is 0 Å². The molecule has 2 atom stereocenters. The zero-order valence-corrected chi connectivity index (χ0v) is 13.8. The molecule has 0 aromatic heterocycles. The third-order valence-corrected chi connectivity index (χ3v) is 5.32. The van der Waals surface area contributed by atoms with Crippen LogP contribution in [0.1, 0.15) is 43.6 Å². The molecule has 0 radical (unpaired) electrons. The number of carbonyl (C=O) groups excluding carboxylic acids is 1. The first kappa shape index (κ1) is 15.5. The predicted octanol–water partition coefficient (Wildman–Crippen LogP) is 3.35. The molecule has 1 saturated heterocycles. The van der Waals surface area contributed by atoms with E-state index in [2.05, 4.69) is 26.2 Å². The van der Waals surface area contributed by atoms with Gasteiger partial charge in [-0.05, 0) is 24.3 Å². The van der Waals surface area contributed by atoms with Gasteiger partial charge in [-0.3, -0.25) is 4.79 Å². The van der Waals surface area contributed by atoms with Gasteiger partial charge in [-0.15, -0.1) is 0 Å². The molecule has 0 bridgehead atoms. The number of carbonyl (C=O) groups is 1. The zero-order chi connectivity index (χ0) is 15.6. The fourth-order valence-electron chi connectivity index (χ4n) is 4.11. The van der Waals surface area contributed by atoms with Crippen molar-refractivity contribution in [3.05, 3.63) is 35.9 Å². The van der Waals surface area contributed by atoms with Crippen molar-refractivity contribution in [1.29, 1.82) is 0 Å². The topological polar surface area (TPSA) is 26.3 Å². The van der Waals surface area contributed by atoms with Gasteiger partial charge in [0.25, 0.3) is 0 Å². The minimum atomic E-state index is -0.0695. The van der Waals surface area contributed by atoms with Crippen molar-refractivity contribution in [2.45, 2.75) is 44.1 Å². The molecule has 2 fully saturated rings. The third-order valence-electron chi connectivity index (χ3n) is 5.32. The Labute approximate surface area is 133 Å². The van der Waals surface area contributed by atoms with E-state index in [4.69, 9.17) is 4.74 Å². The summed E-state index contributed by atoms with van der Waals surface area (Å²) < 4.78 is 6.88. The molecule has 120 valence electrons. The molecule has 22 heavy (non-hydrogen) atoms. The number of likely N-dealkylation sites (N-methyl/N-ethyl adjacent to an activating group) is 1. The first-order valence-electron chi connectivity index (χ1n) is 8.63. The van der Waals surface area contributed by atoms with Crippen LogP contribution in [0.25, 0.3) is 0 Å². The van der Waals surface area contributed by atoms with Crippen molar-refractivity contribution in [3.8, 4) is 0 Å². The molecule has 1 unspecified atom stereocenters. The van der Waals surface area contributed by atoms with E-state index in [1.165, 1.54) is 12.8 Å². The lowest BCUT2D eigenvalue weighted by Crippen LogP contribution is -2.38. The van der Waals surface area contributed by atoms with Crippen LogP contribution in [-0.4, -0.2) is 43.7 Å². The van der Waals surface area contributed by atoms with Gasteiger partial charge in [-0.2, -0.15) is 0 Å². The number of esters is 1. The number of benzene rings is 1. The summed E-state index contributed by atoms with van der Waals surface area (Å²) in [5.41, 5.74) is 1.13. The van der Waals surface area contributed by atoms with Gasteiger partial charge in [0.2, 0.25) is 0 Å². The summed E-state index contributed by atoms with van der Waals surface area (Å²) in [6, 6.07) is 10.2. The van der Waals surface area contributed by atoms with Crippen LogP contribution in [0.3, 0.4) is 0 Å². The number of hydrogen-bond donors (Lipinski definition) is 0. The monoisotopic (exact) mass is 302 g/mol. The standard InChI is InChI=1S/C19H28NO2/c1-20(2)13-12-17(14-20)22-19(21)18(16-10-6-7-11-16)15-8-4-3-5-9-15/h3-5,8-9,16-18H,6-7,10-14H2,1-2H3/q+1/t17-,18?/m1/s1. The average molecular weight is 302 g/mol. The largest absolute Gasteiger partial charge is 0.456 e. The van der Waals surface area contributed by atoms with Crippen LogP contribution in [0.15, 0.2) is 30.3 Å². The fraction of sp³-hybridized carbons (Fsp3) is 0.632. The van der Waals surface area contributed by atoms with Crippen molar-refractivity contribution in [2.75, 3.05) is 27.2 Å². The fourth-order valence-corrected chi connectivity index (χ4v) is 4.11. The van der Waals surface area contributed by atoms with Gasteiger partial charge in [0.05, 0.1) is 26.6 Å². The lowest BCUT2D eigenvalue weighted by atomic mass is 9.85. The minimum absolute atomic E-state index is 0.00463. The first-order valence-corrected chi connectivity index (χ1v) is 8.63. The Hall–Kier alpha value is -1.35. The quantitative estimate of drug-likeness (QED) is 0.630. The normalized spacial score (nSPS) is 26.0. The van der Waals surface area contributed by atoms with Crippen molar-refractivity contribution in [1.82, 2.24) is 0 Å². The van der Waals surface area contributed by atoms with E-state index in [1.807, 2.05) is 18.2 Å². The summed E-state index contributed by atoms with van der Waals surface area (Å²) in [4.78, 5) is 12.9. The van der Waals surface area contributed by atoms with E-state index < -0.39 is 0 Å². The van der Waals surface area contributed by atoms with Crippen LogP contribution in [0.2, 0.25) is 0 Å². The molecule has 3 nitrogen and oxygen atoms in total. The Morgan fingerprint density at radius 3 is 2.41 bits per heavy atom. The summed E-state index contributed by atoms with van der Waals surface area (Å²) in [5.74, 6) is 0.392. The van der Waals surface area contributed by atoms with E-state index >= 15 is 0 Å². The molecular weight excluding hydrogens is 274 g/mol. The summed E-state index contributed by atoms with van der Waals surface area (Å²) in [6.45, 7) is 2.04. The highest BCUT2D eigenvalue weighted by Gasteiger charge is 2.38. The molecule has 1 aliphatic carbocycles. The number of nitrogens with zero attached hydrogens (tertiary/aromatic N) is 1. The van der Waals surface area contributed by atoms with E-state index in [0.717, 1.165) is 42.4 Å². The van der Waals surface area contributed by atoms with Crippen LogP contribution in [-0.2, 0) is 9.53 Å². The van der Waals surface area contributed by atoms with Crippen molar-refractivity contribution in [3.63, 3.8) is 0 Å². The van der Waals surface area contributed by atoms with Crippen LogP contribution in [0.5, 0.6) is 0 Å². The second-order valence-electron chi connectivity index (χ2n) is 7.62. The van der Waals surface area contributed by atoms with E-state index in [9.17, 15) is 4.79 Å². The molecule has 1 aliphatic heterocycles. The molecule has 0 spiro atoms. The van der Waals surface area contributed by atoms with Gasteiger partial charge in [0.15, 0.2) is 6.10 Å². The Kier molecular flexibility index (Phi) is 4.53. The highest BCUT2D eigenvalue weighted by Crippen LogP contribution is 2.38. The van der Waals surface area contributed by atoms with Crippen molar-refractivity contribution >= 4 is 5.97 Å². The third kappa shape index (κ3) is 3.52. The van der Waals surface area contributed by atoms with E-state index in [0.29, 0.717) is 5.92 Å². The van der Waals surface area contributed by atoms with Crippen molar-refractivity contribution in [2.24, 2.45) is 5.92 Å². The summed E-state index contributed by atoms with van der Waals surface area (Å²) >= 11 is 0. The highest BCUT2D eigenvalue weighted by molar-refractivity contribution is 5.78. The number of ether oxygens (including phenoxy) is 1. The summed E-state index contributed by atoms with van der Waals surface area (Å²) in [7, 11) is 4.42. The minimum Gasteiger partial charge on any atom is -0.456 e. The Morgan fingerprint density at radius 1 is 1.14 bits per heavy atom. The molecule has 0 amide bonds. The van der Waals surface area contributed by atoms with Crippen LogP contribution >= 0.6 is 0 Å².